The SMILES string of the molecule is COc1ccccc1/C=C/C(=O)OCC(=O)c1ccc2c(c1)-c1ccccc1C2. The van der Waals surface area contributed by atoms with Crippen molar-refractivity contribution in [1.29, 1.82) is 0 Å². The number of fused-ring (bicyclic) bond motifs is 3. The van der Waals surface area contributed by atoms with Gasteiger partial charge in [-0.25, -0.2) is 4.79 Å². The Balaban J connectivity index is 1.41. The summed E-state index contributed by atoms with van der Waals surface area (Å²) in [6.07, 6.45) is 3.78. The molecule has 0 heterocycles. The molecule has 0 radical (unpaired) electrons. The second kappa shape index (κ2) is 8.15. The number of carbonyl (C=O) groups is 2. The number of carbonyl (C=O) groups excluding carboxylic acids is 2. The van der Waals surface area contributed by atoms with E-state index in [1.807, 2.05) is 42.5 Å². The summed E-state index contributed by atoms with van der Waals surface area (Å²) in [4.78, 5) is 24.5. The van der Waals surface area contributed by atoms with Crippen LogP contribution in [0.15, 0.2) is 72.8 Å². The Hall–Kier alpha value is -3.66. The molecule has 4 rings (SSSR count). The molecule has 3 aromatic rings. The van der Waals surface area contributed by atoms with E-state index in [0.717, 1.165) is 23.1 Å². The maximum atomic E-state index is 12.5. The van der Waals surface area contributed by atoms with Gasteiger partial charge in [0.05, 0.1) is 7.11 Å². The molecule has 0 fully saturated rings. The van der Waals surface area contributed by atoms with Crippen LogP contribution in [0.3, 0.4) is 0 Å². The van der Waals surface area contributed by atoms with Crippen LogP contribution < -0.4 is 4.74 Å². The third kappa shape index (κ3) is 3.97. The smallest absolute Gasteiger partial charge is 0.331 e. The fourth-order valence-electron chi connectivity index (χ4n) is 3.53. The summed E-state index contributed by atoms with van der Waals surface area (Å²) in [5.41, 5.74) is 6.01. The number of para-hydroxylation sites is 1. The Labute approximate surface area is 169 Å². The third-order valence-electron chi connectivity index (χ3n) is 5.00. The van der Waals surface area contributed by atoms with E-state index in [2.05, 4.69) is 12.1 Å². The van der Waals surface area contributed by atoms with Crippen LogP contribution in [-0.4, -0.2) is 25.5 Å². The summed E-state index contributed by atoms with van der Waals surface area (Å²) in [5, 5.41) is 0. The predicted octanol–water partition coefficient (Wildman–Crippen LogP) is 4.71. The molecule has 0 aliphatic heterocycles. The summed E-state index contributed by atoms with van der Waals surface area (Å²) in [7, 11) is 1.57. The zero-order chi connectivity index (χ0) is 20.2. The first-order chi connectivity index (χ1) is 14.2. The molecule has 0 saturated heterocycles. The Morgan fingerprint density at radius 1 is 0.931 bits per heavy atom. The van der Waals surface area contributed by atoms with Crippen LogP contribution in [0.25, 0.3) is 17.2 Å². The standard InChI is InChI=1S/C25H20O4/c1-28-24-9-5-3-6-17(24)12-13-25(27)29-16-23(26)20-11-10-19-14-18-7-2-4-8-21(18)22(19)15-20/h2-13,15H,14,16H2,1H3/b13-12+. The highest BCUT2D eigenvalue weighted by Gasteiger charge is 2.19. The minimum atomic E-state index is -0.573. The average molecular weight is 384 g/mol. The first-order valence-electron chi connectivity index (χ1n) is 9.38. The lowest BCUT2D eigenvalue weighted by molar-refractivity contribution is -0.136. The van der Waals surface area contributed by atoms with Gasteiger partial charge < -0.3 is 9.47 Å². The maximum Gasteiger partial charge on any atom is 0.331 e. The molecular weight excluding hydrogens is 364 g/mol. The molecule has 1 aliphatic rings. The van der Waals surface area contributed by atoms with E-state index in [-0.39, 0.29) is 12.4 Å². The average Bonchev–Trinajstić information content (AvgIpc) is 3.14. The van der Waals surface area contributed by atoms with Crippen LogP contribution in [0, 0.1) is 0 Å². The fourth-order valence-corrected chi connectivity index (χ4v) is 3.53. The molecule has 0 aromatic heterocycles. The number of methoxy groups -OCH3 is 1. The second-order valence-electron chi connectivity index (χ2n) is 6.81. The van der Waals surface area contributed by atoms with Gasteiger partial charge in [0.2, 0.25) is 0 Å². The topological polar surface area (TPSA) is 52.6 Å². The minimum absolute atomic E-state index is 0.226. The summed E-state index contributed by atoms with van der Waals surface area (Å²) in [6.45, 7) is -0.296. The molecule has 0 saturated carbocycles. The van der Waals surface area contributed by atoms with Gasteiger partial charge in [0.25, 0.3) is 0 Å². The minimum Gasteiger partial charge on any atom is -0.496 e. The van der Waals surface area contributed by atoms with Crippen molar-refractivity contribution in [2.24, 2.45) is 0 Å². The molecule has 0 spiro atoms. The number of Topliss-reactive ketones (excluding diaryl/α,β-unsaturated/α-hetero) is 1. The van der Waals surface area contributed by atoms with Crippen LogP contribution in [0.1, 0.15) is 27.0 Å². The van der Waals surface area contributed by atoms with Crippen LogP contribution >= 0.6 is 0 Å². The van der Waals surface area contributed by atoms with E-state index >= 15 is 0 Å². The lowest BCUT2D eigenvalue weighted by Crippen LogP contribution is -2.12. The van der Waals surface area contributed by atoms with Crippen molar-refractivity contribution in [1.82, 2.24) is 0 Å². The maximum absolute atomic E-state index is 12.5. The molecule has 4 heteroatoms. The van der Waals surface area contributed by atoms with Crippen molar-refractivity contribution in [3.8, 4) is 16.9 Å². The Morgan fingerprint density at radius 2 is 1.69 bits per heavy atom. The lowest BCUT2D eigenvalue weighted by atomic mass is 10.0. The van der Waals surface area contributed by atoms with Gasteiger partial charge in [0, 0.05) is 17.2 Å². The highest BCUT2D eigenvalue weighted by atomic mass is 16.5. The van der Waals surface area contributed by atoms with E-state index in [1.165, 1.54) is 17.2 Å². The summed E-state index contributed by atoms with van der Waals surface area (Å²) in [5.74, 6) is -0.141. The van der Waals surface area contributed by atoms with E-state index in [9.17, 15) is 9.59 Å². The Morgan fingerprint density at radius 3 is 2.55 bits per heavy atom. The van der Waals surface area contributed by atoms with Crippen LogP contribution in [0.2, 0.25) is 0 Å². The monoisotopic (exact) mass is 384 g/mol. The molecule has 1 aliphatic carbocycles. The van der Waals surface area contributed by atoms with Gasteiger partial charge in [0.15, 0.2) is 12.4 Å². The van der Waals surface area contributed by atoms with Crippen molar-refractivity contribution in [3.63, 3.8) is 0 Å². The quantitative estimate of drug-likeness (QED) is 0.275. The number of ketones is 1. The van der Waals surface area contributed by atoms with Crippen molar-refractivity contribution in [2.45, 2.75) is 6.42 Å². The van der Waals surface area contributed by atoms with E-state index in [0.29, 0.717) is 11.3 Å². The predicted molar refractivity (Wildman–Crippen MR) is 112 cm³/mol. The van der Waals surface area contributed by atoms with Crippen molar-refractivity contribution < 1.29 is 19.1 Å². The first kappa shape index (κ1) is 18.7. The zero-order valence-electron chi connectivity index (χ0n) is 16.1. The number of ether oxygens (including phenoxy) is 2. The molecule has 29 heavy (non-hydrogen) atoms. The van der Waals surface area contributed by atoms with Crippen molar-refractivity contribution in [3.05, 3.63) is 95.1 Å². The molecule has 144 valence electrons. The highest BCUT2D eigenvalue weighted by molar-refractivity contribution is 6.00. The molecule has 3 aromatic carbocycles. The van der Waals surface area contributed by atoms with Gasteiger partial charge in [0.1, 0.15) is 5.75 Å². The molecule has 4 nitrogen and oxygen atoms in total. The molecule has 0 bridgehead atoms. The van der Waals surface area contributed by atoms with Crippen LogP contribution in [-0.2, 0) is 16.0 Å². The van der Waals surface area contributed by atoms with Gasteiger partial charge in [-0.2, -0.15) is 0 Å². The van der Waals surface area contributed by atoms with Crippen molar-refractivity contribution in [2.75, 3.05) is 13.7 Å². The van der Waals surface area contributed by atoms with Gasteiger partial charge in [-0.15, -0.1) is 0 Å². The number of rotatable bonds is 6. The molecular formula is C25H20O4. The van der Waals surface area contributed by atoms with E-state index in [1.54, 1.807) is 25.3 Å². The molecule has 0 atom stereocenters. The van der Waals surface area contributed by atoms with E-state index < -0.39 is 5.97 Å². The number of esters is 1. The third-order valence-corrected chi connectivity index (χ3v) is 5.00. The number of hydrogen-bond acceptors (Lipinski definition) is 4. The zero-order valence-corrected chi connectivity index (χ0v) is 16.1. The molecule has 0 N–H and O–H groups in total. The normalized spacial score (nSPS) is 11.8. The highest BCUT2D eigenvalue weighted by Crippen LogP contribution is 2.36. The largest absolute Gasteiger partial charge is 0.496 e. The van der Waals surface area contributed by atoms with Crippen molar-refractivity contribution >= 4 is 17.8 Å². The summed E-state index contributed by atoms with van der Waals surface area (Å²) < 4.78 is 10.4. The molecule has 0 amide bonds. The summed E-state index contributed by atoms with van der Waals surface area (Å²) in [6, 6.07) is 21.2. The Bertz CT molecular complexity index is 1110. The number of benzene rings is 3. The van der Waals surface area contributed by atoms with Gasteiger partial charge >= 0.3 is 5.97 Å². The lowest BCUT2D eigenvalue weighted by Gasteiger charge is -2.06. The number of hydrogen-bond donors (Lipinski definition) is 0. The van der Waals surface area contributed by atoms with Crippen LogP contribution in [0.4, 0.5) is 0 Å². The fraction of sp³-hybridized carbons (Fsp3) is 0.120. The van der Waals surface area contributed by atoms with Gasteiger partial charge in [-0.3, -0.25) is 4.79 Å². The van der Waals surface area contributed by atoms with Gasteiger partial charge in [-0.05, 0) is 46.9 Å². The van der Waals surface area contributed by atoms with Gasteiger partial charge in [-0.1, -0.05) is 54.6 Å². The second-order valence-corrected chi connectivity index (χ2v) is 6.81. The van der Waals surface area contributed by atoms with Crippen LogP contribution in [0.5, 0.6) is 5.75 Å². The summed E-state index contributed by atoms with van der Waals surface area (Å²) >= 11 is 0. The first-order valence-corrected chi connectivity index (χ1v) is 9.38. The van der Waals surface area contributed by atoms with E-state index in [4.69, 9.17) is 9.47 Å². The molecule has 0 unspecified atom stereocenters. The Kier molecular flexibility index (Phi) is 5.25.